The number of ether oxygens (including phenoxy) is 1. The Balaban J connectivity index is 1.50. The summed E-state index contributed by atoms with van der Waals surface area (Å²) in [5.74, 6) is -2.28. The fourth-order valence-electron chi connectivity index (χ4n) is 6.37. The first kappa shape index (κ1) is 26.1. The van der Waals surface area contributed by atoms with Crippen LogP contribution in [0.1, 0.15) is 71.5 Å². The second-order valence-corrected chi connectivity index (χ2v) is 10.5. The van der Waals surface area contributed by atoms with Crippen molar-refractivity contribution in [3.63, 3.8) is 0 Å². The molecular weight excluding hydrogens is 519 g/mol. The highest BCUT2D eigenvalue weighted by Crippen LogP contribution is 2.45. The Morgan fingerprint density at radius 1 is 1.20 bits per heavy atom. The van der Waals surface area contributed by atoms with Crippen LogP contribution in [0.15, 0.2) is 16.9 Å². The summed E-state index contributed by atoms with van der Waals surface area (Å²) in [4.78, 5) is 55.9. The van der Waals surface area contributed by atoms with Gasteiger partial charge in [0, 0.05) is 23.6 Å². The number of amides is 2. The van der Waals surface area contributed by atoms with E-state index in [9.17, 15) is 19.2 Å². The smallest absolute Gasteiger partial charge is 0.313 e. The van der Waals surface area contributed by atoms with Gasteiger partial charge in [-0.25, -0.2) is 9.37 Å². The molecule has 0 fully saturated rings. The third-order valence-electron chi connectivity index (χ3n) is 8.29. The number of aromatic nitrogens is 2. The topological polar surface area (TPSA) is 140 Å². The molecular formula is C29H29FN4O6. The Hall–Kier alpha value is -4.12. The summed E-state index contributed by atoms with van der Waals surface area (Å²) in [5.41, 5.74) is 5.19. The van der Waals surface area contributed by atoms with Gasteiger partial charge in [-0.3, -0.25) is 19.2 Å². The van der Waals surface area contributed by atoms with E-state index >= 15 is 4.39 Å². The van der Waals surface area contributed by atoms with Crippen LogP contribution in [0.3, 0.4) is 0 Å². The number of esters is 1. The first-order chi connectivity index (χ1) is 19.2. The number of hydrogen-bond donors (Lipinski definition) is 3. The maximum absolute atomic E-state index is 15.0. The lowest BCUT2D eigenvalue weighted by Gasteiger charge is -2.29. The quantitative estimate of drug-likeness (QED) is 0.247. The second kappa shape index (κ2) is 9.81. The van der Waals surface area contributed by atoms with Crippen LogP contribution in [0.5, 0.6) is 0 Å². The zero-order valence-corrected chi connectivity index (χ0v) is 22.2. The summed E-state index contributed by atoms with van der Waals surface area (Å²) in [6.45, 7) is 3.53. The maximum Gasteiger partial charge on any atom is 0.313 e. The summed E-state index contributed by atoms with van der Waals surface area (Å²) >= 11 is 0. The molecule has 4 heterocycles. The monoisotopic (exact) mass is 548 g/mol. The Kier molecular flexibility index (Phi) is 6.41. The minimum atomic E-state index is -0.555. The number of fused-ring (bicyclic) bond motifs is 5. The molecule has 0 spiro atoms. The van der Waals surface area contributed by atoms with Gasteiger partial charge in [0.1, 0.15) is 18.8 Å². The van der Waals surface area contributed by atoms with E-state index in [4.69, 9.17) is 14.8 Å². The Morgan fingerprint density at radius 2 is 2.00 bits per heavy atom. The van der Waals surface area contributed by atoms with E-state index in [-0.39, 0.29) is 43.6 Å². The molecule has 0 saturated carbocycles. The van der Waals surface area contributed by atoms with E-state index in [0.29, 0.717) is 52.9 Å². The van der Waals surface area contributed by atoms with Gasteiger partial charge in [0.05, 0.1) is 47.6 Å². The summed E-state index contributed by atoms with van der Waals surface area (Å²) in [6, 6.07) is 2.73. The van der Waals surface area contributed by atoms with E-state index in [1.54, 1.807) is 11.5 Å². The number of cyclic esters (lactones) is 1. The molecule has 2 aromatic heterocycles. The molecule has 6 rings (SSSR count). The molecule has 1 aromatic carbocycles. The number of pyridine rings is 2. The second-order valence-electron chi connectivity index (χ2n) is 10.5. The molecule has 208 valence electrons. The van der Waals surface area contributed by atoms with Gasteiger partial charge in [-0.15, -0.1) is 0 Å². The molecule has 0 saturated heterocycles. The van der Waals surface area contributed by atoms with Gasteiger partial charge < -0.3 is 25.0 Å². The fourth-order valence-corrected chi connectivity index (χ4v) is 6.37. The van der Waals surface area contributed by atoms with Gasteiger partial charge in [0.25, 0.3) is 5.56 Å². The molecule has 2 amide bonds. The fraction of sp³-hybridized carbons (Fsp3) is 0.414. The van der Waals surface area contributed by atoms with Crippen molar-refractivity contribution in [2.24, 2.45) is 0 Å². The summed E-state index contributed by atoms with van der Waals surface area (Å²) in [6.07, 6.45) is 1.07. The van der Waals surface area contributed by atoms with Crippen molar-refractivity contribution >= 4 is 28.7 Å². The van der Waals surface area contributed by atoms with Crippen LogP contribution in [0.25, 0.3) is 22.3 Å². The van der Waals surface area contributed by atoms with Gasteiger partial charge in [-0.2, -0.15) is 0 Å². The molecule has 11 heteroatoms. The van der Waals surface area contributed by atoms with E-state index < -0.39 is 30.2 Å². The molecule has 2 unspecified atom stereocenters. The van der Waals surface area contributed by atoms with Crippen LogP contribution in [-0.4, -0.2) is 45.6 Å². The molecule has 40 heavy (non-hydrogen) atoms. The van der Waals surface area contributed by atoms with Crippen molar-refractivity contribution in [3.8, 4) is 11.4 Å². The van der Waals surface area contributed by atoms with Gasteiger partial charge in [-0.05, 0) is 54.5 Å². The molecule has 2 aliphatic heterocycles. The SMILES string of the molecule is CCC1C(=O)OCc2c1cc1n(c2=O)Cc2c-1nc1cc(F)c(C)c3c1c2C(NC(=O)CC(=O)NCCO)CC3. The number of nitrogens with zero attached hydrogens (tertiary/aromatic N) is 2. The summed E-state index contributed by atoms with van der Waals surface area (Å²) in [7, 11) is 0. The number of carbonyl (C=O) groups is 3. The van der Waals surface area contributed by atoms with Crippen molar-refractivity contribution in [2.45, 2.75) is 64.6 Å². The lowest BCUT2D eigenvalue weighted by Crippen LogP contribution is -2.36. The third kappa shape index (κ3) is 3.98. The number of nitrogens with one attached hydrogen (secondary N) is 2. The van der Waals surface area contributed by atoms with Crippen molar-refractivity contribution < 1.29 is 28.6 Å². The highest BCUT2D eigenvalue weighted by molar-refractivity contribution is 5.98. The number of benzene rings is 1. The normalized spacial score (nSPS) is 18.6. The van der Waals surface area contributed by atoms with Gasteiger partial charge in [0.2, 0.25) is 11.8 Å². The molecule has 3 aromatic rings. The van der Waals surface area contributed by atoms with E-state index in [2.05, 4.69) is 10.6 Å². The first-order valence-corrected chi connectivity index (χ1v) is 13.5. The number of halogens is 1. The predicted molar refractivity (Wildman–Crippen MR) is 142 cm³/mol. The number of aliphatic hydroxyl groups excluding tert-OH is 1. The summed E-state index contributed by atoms with van der Waals surface area (Å²) < 4.78 is 21.9. The zero-order valence-electron chi connectivity index (χ0n) is 22.2. The maximum atomic E-state index is 15.0. The average Bonchev–Trinajstić information content (AvgIpc) is 3.29. The largest absolute Gasteiger partial charge is 0.460 e. The Labute approximate surface area is 228 Å². The van der Waals surface area contributed by atoms with Crippen LogP contribution < -0.4 is 16.2 Å². The van der Waals surface area contributed by atoms with Crippen LogP contribution in [0, 0.1) is 12.7 Å². The van der Waals surface area contributed by atoms with E-state index in [0.717, 1.165) is 22.1 Å². The lowest BCUT2D eigenvalue weighted by atomic mass is 9.81. The standard InChI is InChI=1S/C29H29FN4O6/c1-3-14-16-8-22-27-17(11-34(22)28(38)18(16)12-40-29(14)39)26-20(32-24(37)10-23(36)31-6-7-35)5-4-15-13(2)19(30)9-21(33-27)25(15)26/h8-9,14,20,35H,3-7,10-12H2,1-2H3,(H,31,36)(H,32,37). The molecule has 3 aliphatic rings. The van der Waals surface area contributed by atoms with Gasteiger partial charge in [-0.1, -0.05) is 6.92 Å². The average molecular weight is 549 g/mol. The molecule has 2 atom stereocenters. The van der Waals surface area contributed by atoms with Crippen molar-refractivity contribution in [1.82, 2.24) is 20.2 Å². The van der Waals surface area contributed by atoms with Gasteiger partial charge >= 0.3 is 5.97 Å². The van der Waals surface area contributed by atoms with E-state index in [1.807, 2.05) is 13.0 Å². The number of hydrogen-bond acceptors (Lipinski definition) is 7. The van der Waals surface area contributed by atoms with Crippen molar-refractivity contribution in [2.75, 3.05) is 13.2 Å². The minimum Gasteiger partial charge on any atom is -0.460 e. The summed E-state index contributed by atoms with van der Waals surface area (Å²) in [5, 5.41) is 15.1. The van der Waals surface area contributed by atoms with Crippen LogP contribution in [0.2, 0.25) is 0 Å². The molecule has 0 radical (unpaired) electrons. The Morgan fingerprint density at radius 3 is 2.75 bits per heavy atom. The van der Waals surface area contributed by atoms with Crippen molar-refractivity contribution in [3.05, 3.63) is 61.7 Å². The molecule has 0 bridgehead atoms. The molecule has 10 nitrogen and oxygen atoms in total. The van der Waals surface area contributed by atoms with Crippen LogP contribution in [0.4, 0.5) is 4.39 Å². The number of aliphatic hydroxyl groups is 1. The highest BCUT2D eigenvalue weighted by atomic mass is 19.1. The molecule has 3 N–H and O–H groups in total. The van der Waals surface area contributed by atoms with Gasteiger partial charge in [0.15, 0.2) is 0 Å². The minimum absolute atomic E-state index is 0.0543. The van der Waals surface area contributed by atoms with E-state index in [1.165, 1.54) is 6.07 Å². The molecule has 1 aliphatic carbocycles. The zero-order chi connectivity index (χ0) is 28.3. The van der Waals surface area contributed by atoms with Crippen molar-refractivity contribution in [1.29, 1.82) is 0 Å². The third-order valence-corrected chi connectivity index (χ3v) is 8.29. The Bertz CT molecular complexity index is 1680. The number of aryl methyl sites for hydroxylation is 1. The van der Waals surface area contributed by atoms with Crippen LogP contribution >= 0.6 is 0 Å². The first-order valence-electron chi connectivity index (χ1n) is 13.5. The van der Waals surface area contributed by atoms with Crippen LogP contribution in [-0.2, 0) is 38.7 Å². The number of carbonyl (C=O) groups excluding carboxylic acids is 3. The lowest BCUT2D eigenvalue weighted by molar-refractivity contribution is -0.148. The predicted octanol–water partition coefficient (Wildman–Crippen LogP) is 2.03. The highest BCUT2D eigenvalue weighted by Gasteiger charge is 2.37. The number of rotatable bonds is 6.